The van der Waals surface area contributed by atoms with E-state index in [1.165, 1.54) is 12.8 Å². The molecule has 1 saturated heterocycles. The van der Waals surface area contributed by atoms with Gasteiger partial charge in [-0.25, -0.2) is 4.52 Å². The number of fused-ring (bicyclic) bond motifs is 1. The van der Waals surface area contributed by atoms with Crippen LogP contribution < -0.4 is 10.6 Å². The van der Waals surface area contributed by atoms with E-state index in [9.17, 15) is 4.79 Å². The van der Waals surface area contributed by atoms with Gasteiger partial charge in [0.25, 0.3) is 5.91 Å². The Balaban J connectivity index is 1.12. The maximum atomic E-state index is 13.3. The Kier molecular flexibility index (Phi) is 4.80. The van der Waals surface area contributed by atoms with Crippen molar-refractivity contribution < 1.29 is 9.32 Å². The average Bonchev–Trinajstić information content (AvgIpc) is 3.37. The number of carbonyl (C=O) groups excluding carboxylic acids is 1. The van der Waals surface area contributed by atoms with E-state index < -0.39 is 0 Å². The fourth-order valence-corrected chi connectivity index (χ4v) is 5.11. The van der Waals surface area contributed by atoms with Crippen molar-refractivity contribution in [2.45, 2.75) is 32.2 Å². The molecular formula is C27H26N8O2. The summed E-state index contributed by atoms with van der Waals surface area (Å²) in [5.41, 5.74) is 5.82. The average molecular weight is 495 g/mol. The van der Waals surface area contributed by atoms with Gasteiger partial charge in [0.15, 0.2) is 0 Å². The van der Waals surface area contributed by atoms with E-state index >= 15 is 0 Å². The van der Waals surface area contributed by atoms with Gasteiger partial charge in [-0.3, -0.25) is 9.48 Å². The fraction of sp³-hybridized carbons (Fsp3) is 0.296. The summed E-state index contributed by atoms with van der Waals surface area (Å²) < 4.78 is 9.05. The number of nitrogens with one attached hydrogen (secondary N) is 2. The van der Waals surface area contributed by atoms with Crippen molar-refractivity contribution in [1.29, 1.82) is 0 Å². The van der Waals surface area contributed by atoms with Gasteiger partial charge in [-0.2, -0.15) is 15.2 Å². The minimum atomic E-state index is -0.237. The van der Waals surface area contributed by atoms with E-state index in [1.54, 1.807) is 15.4 Å². The molecule has 1 saturated carbocycles. The zero-order valence-electron chi connectivity index (χ0n) is 20.6. The molecule has 0 bridgehead atoms. The Bertz CT molecular complexity index is 1660. The van der Waals surface area contributed by atoms with Crippen molar-refractivity contribution >= 4 is 17.1 Å². The van der Waals surface area contributed by atoms with Crippen LogP contribution in [0.25, 0.3) is 28.2 Å². The molecule has 10 nitrogen and oxygen atoms in total. The first kappa shape index (κ1) is 21.9. The van der Waals surface area contributed by atoms with Crippen LogP contribution in [0.2, 0.25) is 0 Å². The number of carbonyl (C=O) groups is 1. The summed E-state index contributed by atoms with van der Waals surface area (Å²) in [6.45, 7) is 2.97. The first-order valence-corrected chi connectivity index (χ1v) is 12.4. The largest absolute Gasteiger partial charge is 0.337 e. The van der Waals surface area contributed by atoms with Crippen LogP contribution in [-0.2, 0) is 7.05 Å². The third-order valence-corrected chi connectivity index (χ3v) is 7.57. The van der Waals surface area contributed by atoms with E-state index in [4.69, 9.17) is 4.52 Å². The Morgan fingerprint density at radius 2 is 2.05 bits per heavy atom. The number of nitrogens with zero attached hydrogens (tertiary/aromatic N) is 6. The van der Waals surface area contributed by atoms with E-state index in [0.717, 1.165) is 35.3 Å². The topological polar surface area (TPSA) is 115 Å². The second-order valence-corrected chi connectivity index (χ2v) is 10.3. The molecule has 1 aliphatic heterocycles. The lowest BCUT2D eigenvalue weighted by Crippen LogP contribution is -2.14. The highest BCUT2D eigenvalue weighted by atomic mass is 16.5. The number of amides is 1. The van der Waals surface area contributed by atoms with Gasteiger partial charge in [0.05, 0.1) is 29.0 Å². The quantitative estimate of drug-likeness (QED) is 0.377. The fourth-order valence-electron chi connectivity index (χ4n) is 5.11. The molecule has 1 atom stereocenters. The van der Waals surface area contributed by atoms with Crippen molar-refractivity contribution in [1.82, 2.24) is 34.9 Å². The molecule has 2 N–H and O–H groups in total. The van der Waals surface area contributed by atoms with Crippen molar-refractivity contribution in [3.63, 3.8) is 0 Å². The second-order valence-electron chi connectivity index (χ2n) is 10.3. The normalized spacial score (nSPS) is 18.1. The summed E-state index contributed by atoms with van der Waals surface area (Å²) in [5, 5.41) is 19.6. The van der Waals surface area contributed by atoms with E-state index in [2.05, 4.69) is 31.0 Å². The monoisotopic (exact) mass is 494 g/mol. The maximum absolute atomic E-state index is 13.3. The van der Waals surface area contributed by atoms with Crippen LogP contribution in [0.4, 0.5) is 5.69 Å². The minimum absolute atomic E-state index is 0.113. The molecule has 7 rings (SSSR count). The molecule has 2 fully saturated rings. The van der Waals surface area contributed by atoms with Crippen molar-refractivity contribution in [2.75, 3.05) is 11.9 Å². The van der Waals surface area contributed by atoms with Crippen LogP contribution in [0.5, 0.6) is 0 Å². The van der Waals surface area contributed by atoms with Crippen molar-refractivity contribution in [3.8, 4) is 22.6 Å². The van der Waals surface area contributed by atoms with Gasteiger partial charge in [-0.1, -0.05) is 17.3 Å². The van der Waals surface area contributed by atoms with Gasteiger partial charge in [0.1, 0.15) is 0 Å². The lowest BCUT2D eigenvalue weighted by Gasteiger charge is -2.09. The van der Waals surface area contributed by atoms with Crippen LogP contribution in [0.1, 0.15) is 47.1 Å². The molecule has 2 aliphatic rings. The second kappa shape index (κ2) is 8.10. The van der Waals surface area contributed by atoms with Gasteiger partial charge >= 0.3 is 0 Å². The van der Waals surface area contributed by atoms with Gasteiger partial charge in [0, 0.05) is 42.8 Å². The minimum Gasteiger partial charge on any atom is -0.337 e. The lowest BCUT2D eigenvalue weighted by atomic mass is 10.0. The molecule has 4 aromatic heterocycles. The molecule has 0 radical (unpaired) electrons. The third kappa shape index (κ3) is 3.89. The van der Waals surface area contributed by atoms with Crippen LogP contribution >= 0.6 is 0 Å². The van der Waals surface area contributed by atoms with E-state index in [0.29, 0.717) is 33.9 Å². The molecule has 1 amide bonds. The molecule has 10 heteroatoms. The van der Waals surface area contributed by atoms with Crippen LogP contribution in [0.15, 0.2) is 59.5 Å². The molecule has 186 valence electrons. The third-order valence-electron chi connectivity index (χ3n) is 7.57. The number of benzene rings is 1. The predicted molar refractivity (Wildman–Crippen MR) is 137 cm³/mol. The summed E-state index contributed by atoms with van der Waals surface area (Å²) in [5.74, 6) is 0.906. The molecule has 1 aliphatic carbocycles. The van der Waals surface area contributed by atoms with Crippen molar-refractivity contribution in [2.24, 2.45) is 12.5 Å². The summed E-state index contributed by atoms with van der Waals surface area (Å²) in [6, 6.07) is 11.7. The number of aryl methyl sites for hydroxylation is 2. The standard InChI is InChI=1S/C27H26N8O2/c1-16-3-4-17(24-31-26(37-33-24)22-12-27(8-9-27)15-28-22)11-21(16)30-25(36)19-13-29-35-14-18(5-6-23(19)35)20-7-10-34(2)32-20/h3-7,10-11,13-14,22,28H,8-9,12,15H2,1-2H3,(H,30,36)/t22-/m0/s1. The van der Waals surface area contributed by atoms with E-state index in [1.807, 2.05) is 62.8 Å². The maximum Gasteiger partial charge on any atom is 0.259 e. The Morgan fingerprint density at radius 1 is 1.19 bits per heavy atom. The highest BCUT2D eigenvalue weighted by Gasteiger charge is 2.49. The van der Waals surface area contributed by atoms with Gasteiger partial charge in [-0.05, 0) is 61.4 Å². The zero-order chi connectivity index (χ0) is 25.1. The zero-order valence-corrected chi connectivity index (χ0v) is 20.6. The smallest absolute Gasteiger partial charge is 0.259 e. The molecular weight excluding hydrogens is 468 g/mol. The number of aromatic nitrogens is 6. The predicted octanol–water partition coefficient (Wildman–Crippen LogP) is 4.16. The summed E-state index contributed by atoms with van der Waals surface area (Å²) >= 11 is 0. The molecule has 1 aromatic carbocycles. The SMILES string of the molecule is Cc1ccc(-c2noc([C@@H]3CC4(CC4)CN3)n2)cc1NC(=O)c1cnn2cc(-c3ccn(C)n3)ccc12. The van der Waals surface area contributed by atoms with Crippen LogP contribution in [0.3, 0.4) is 0 Å². The molecule has 5 heterocycles. The first-order valence-electron chi connectivity index (χ1n) is 12.4. The first-order chi connectivity index (χ1) is 18.0. The summed E-state index contributed by atoms with van der Waals surface area (Å²) in [7, 11) is 1.88. The number of pyridine rings is 1. The van der Waals surface area contributed by atoms with Crippen LogP contribution in [-0.4, -0.2) is 42.0 Å². The summed E-state index contributed by atoms with van der Waals surface area (Å²) in [4.78, 5) is 17.9. The molecule has 37 heavy (non-hydrogen) atoms. The van der Waals surface area contributed by atoms with Gasteiger partial charge in [-0.15, -0.1) is 0 Å². The van der Waals surface area contributed by atoms with Gasteiger partial charge < -0.3 is 15.2 Å². The highest BCUT2D eigenvalue weighted by molar-refractivity contribution is 6.09. The number of hydrogen-bond donors (Lipinski definition) is 2. The lowest BCUT2D eigenvalue weighted by molar-refractivity contribution is 0.102. The van der Waals surface area contributed by atoms with Crippen molar-refractivity contribution in [3.05, 3.63) is 72.0 Å². The number of rotatable bonds is 5. The highest BCUT2D eigenvalue weighted by Crippen LogP contribution is 2.54. The Hall–Kier alpha value is -4.31. The summed E-state index contributed by atoms with van der Waals surface area (Å²) in [6.07, 6.45) is 8.94. The molecule has 0 unspecified atom stereocenters. The molecule has 1 spiro atoms. The van der Waals surface area contributed by atoms with Crippen LogP contribution in [0, 0.1) is 12.3 Å². The van der Waals surface area contributed by atoms with E-state index in [-0.39, 0.29) is 11.9 Å². The number of hydrogen-bond acceptors (Lipinski definition) is 7. The molecule has 5 aromatic rings. The van der Waals surface area contributed by atoms with Gasteiger partial charge in [0.2, 0.25) is 11.7 Å². The number of anilines is 1. The Labute approximate surface area is 212 Å². The Morgan fingerprint density at radius 3 is 2.84 bits per heavy atom.